The number of hydrogen-bond donors (Lipinski definition) is 1. The lowest BCUT2D eigenvalue weighted by atomic mass is 9.85. The first-order valence-electron chi connectivity index (χ1n) is 9.53. The van der Waals surface area contributed by atoms with Crippen molar-refractivity contribution in [1.82, 2.24) is 9.80 Å². The Morgan fingerprint density at radius 2 is 1.43 bits per heavy atom. The van der Waals surface area contributed by atoms with Crippen molar-refractivity contribution in [2.45, 2.75) is 19.4 Å². The largest absolute Gasteiger partial charge is 0.372 e. The van der Waals surface area contributed by atoms with Gasteiger partial charge in [-0.15, -0.1) is 19.0 Å². The van der Waals surface area contributed by atoms with Gasteiger partial charge in [-0.05, 0) is 24.2 Å². The normalized spacial score (nSPS) is 11.0. The molecule has 0 aliphatic carbocycles. The fourth-order valence-corrected chi connectivity index (χ4v) is 3.23. The Hall–Kier alpha value is -2.14. The molecule has 2 aromatic carbocycles. The number of carbonyl (C=O) groups excluding carboxylic acids is 1. The Balaban J connectivity index is 0.00000392. The van der Waals surface area contributed by atoms with Crippen LogP contribution in [0.1, 0.15) is 25.0 Å². The van der Waals surface area contributed by atoms with Gasteiger partial charge in [0.2, 0.25) is 0 Å². The third-order valence-electron chi connectivity index (χ3n) is 4.91. The number of nitrogens with zero attached hydrogens (tertiary/aromatic N) is 2. The monoisotopic (exact) mass is 402 g/mol. The average Bonchev–Trinajstić information content (AvgIpc) is 2.73. The quantitative estimate of drug-likeness (QED) is 0.616. The maximum absolute atomic E-state index is 13.6. The molecule has 1 N–H and O–H groups in total. The Kier molecular flexibility index (Phi) is 9.94. The molecule has 0 aromatic heterocycles. The van der Waals surface area contributed by atoms with E-state index in [-0.39, 0.29) is 18.3 Å². The number of halogens is 1. The summed E-state index contributed by atoms with van der Waals surface area (Å²) < 4.78 is 0. The zero-order valence-electron chi connectivity index (χ0n) is 16.8. The molecule has 0 heterocycles. The van der Waals surface area contributed by atoms with Gasteiger partial charge in [0.15, 0.2) is 5.60 Å². The molecule has 4 nitrogen and oxygen atoms in total. The summed E-state index contributed by atoms with van der Waals surface area (Å²) in [5.74, 6) is -0.327. The van der Waals surface area contributed by atoms with Crippen LogP contribution in [-0.4, -0.2) is 53.5 Å². The molecule has 0 aliphatic heterocycles. The van der Waals surface area contributed by atoms with Gasteiger partial charge in [-0.25, -0.2) is 0 Å². The maximum atomic E-state index is 13.6. The van der Waals surface area contributed by atoms with Crippen LogP contribution in [-0.2, 0) is 10.4 Å². The molecule has 0 saturated carbocycles. The molecule has 0 spiro atoms. The minimum absolute atomic E-state index is 0. The van der Waals surface area contributed by atoms with Crippen molar-refractivity contribution in [2.75, 3.05) is 32.7 Å². The summed E-state index contributed by atoms with van der Waals surface area (Å²) in [4.78, 5) is 17.5. The van der Waals surface area contributed by atoms with Crippen LogP contribution in [0.25, 0.3) is 0 Å². The standard InChI is InChI=1S/C23H30N2O2.ClH/c1-4-17-25(19-18-24(5-2)6-3)22(26)23(27,20-13-9-7-10-14-20)21-15-11-8-12-16-21;/h4,7-16,27H,1,5-6,17-19H2,2-3H3;1H. The molecule has 28 heavy (non-hydrogen) atoms. The molecular formula is C23H31ClN2O2. The van der Waals surface area contributed by atoms with E-state index in [2.05, 4.69) is 25.3 Å². The van der Waals surface area contributed by atoms with Crippen molar-refractivity contribution in [3.63, 3.8) is 0 Å². The fourth-order valence-electron chi connectivity index (χ4n) is 3.23. The van der Waals surface area contributed by atoms with Gasteiger partial charge in [-0.1, -0.05) is 80.6 Å². The van der Waals surface area contributed by atoms with Gasteiger partial charge >= 0.3 is 0 Å². The molecule has 5 heteroatoms. The van der Waals surface area contributed by atoms with Gasteiger partial charge < -0.3 is 14.9 Å². The lowest BCUT2D eigenvalue weighted by Crippen LogP contribution is -2.50. The van der Waals surface area contributed by atoms with Gasteiger partial charge in [-0.3, -0.25) is 4.79 Å². The molecule has 152 valence electrons. The van der Waals surface area contributed by atoms with Crippen molar-refractivity contribution in [3.05, 3.63) is 84.4 Å². The summed E-state index contributed by atoms with van der Waals surface area (Å²) in [6.07, 6.45) is 1.70. The predicted octanol–water partition coefficient (Wildman–Crippen LogP) is 3.70. The van der Waals surface area contributed by atoms with E-state index in [4.69, 9.17) is 0 Å². The van der Waals surface area contributed by atoms with E-state index in [1.54, 1.807) is 35.2 Å². The number of rotatable bonds is 10. The second-order valence-electron chi connectivity index (χ2n) is 6.51. The van der Waals surface area contributed by atoms with E-state index in [1.165, 1.54) is 0 Å². The fraction of sp³-hybridized carbons (Fsp3) is 0.348. The molecule has 0 saturated heterocycles. The van der Waals surface area contributed by atoms with Crippen LogP contribution < -0.4 is 0 Å². The molecule has 0 bridgehead atoms. The molecule has 2 aromatic rings. The minimum Gasteiger partial charge on any atom is -0.372 e. The number of likely N-dealkylation sites (N-methyl/N-ethyl adjacent to an activating group) is 1. The van der Waals surface area contributed by atoms with E-state index >= 15 is 0 Å². The van der Waals surface area contributed by atoms with Crippen LogP contribution in [0, 0.1) is 0 Å². The van der Waals surface area contributed by atoms with Gasteiger partial charge in [-0.2, -0.15) is 0 Å². The highest BCUT2D eigenvalue weighted by Crippen LogP contribution is 2.31. The Bertz CT molecular complexity index is 678. The third-order valence-corrected chi connectivity index (χ3v) is 4.91. The van der Waals surface area contributed by atoms with Crippen molar-refractivity contribution >= 4 is 18.3 Å². The molecule has 0 fully saturated rings. The van der Waals surface area contributed by atoms with Crippen LogP contribution >= 0.6 is 12.4 Å². The number of amides is 1. The molecule has 0 aliphatic rings. The van der Waals surface area contributed by atoms with E-state index < -0.39 is 5.60 Å². The molecule has 0 radical (unpaired) electrons. The second kappa shape index (κ2) is 11.6. The van der Waals surface area contributed by atoms with Crippen LogP contribution in [0.4, 0.5) is 0 Å². The lowest BCUT2D eigenvalue weighted by molar-refractivity contribution is -0.147. The van der Waals surface area contributed by atoms with Crippen molar-refractivity contribution in [2.24, 2.45) is 0 Å². The molecule has 0 atom stereocenters. The average molecular weight is 403 g/mol. The lowest BCUT2D eigenvalue weighted by Gasteiger charge is -2.34. The first-order chi connectivity index (χ1) is 13.1. The van der Waals surface area contributed by atoms with Crippen LogP contribution in [0.15, 0.2) is 73.3 Å². The topological polar surface area (TPSA) is 43.8 Å². The summed E-state index contributed by atoms with van der Waals surface area (Å²) in [5.41, 5.74) is -0.592. The summed E-state index contributed by atoms with van der Waals surface area (Å²) in [6.45, 7) is 11.5. The number of benzene rings is 2. The second-order valence-corrected chi connectivity index (χ2v) is 6.51. The first kappa shape index (κ1) is 23.9. The third kappa shape index (κ3) is 5.44. The first-order valence-corrected chi connectivity index (χ1v) is 9.53. The van der Waals surface area contributed by atoms with Crippen molar-refractivity contribution in [1.29, 1.82) is 0 Å². The summed E-state index contributed by atoms with van der Waals surface area (Å²) in [7, 11) is 0. The van der Waals surface area contributed by atoms with Gasteiger partial charge in [0.25, 0.3) is 5.91 Å². The Labute approximate surface area is 174 Å². The van der Waals surface area contributed by atoms with E-state index in [0.29, 0.717) is 24.2 Å². The van der Waals surface area contributed by atoms with Gasteiger partial charge in [0.05, 0.1) is 0 Å². The smallest absolute Gasteiger partial charge is 0.264 e. The van der Waals surface area contributed by atoms with Crippen molar-refractivity contribution < 1.29 is 9.90 Å². The SMILES string of the molecule is C=CCN(CCN(CC)CC)C(=O)C(O)(c1ccccc1)c1ccccc1.Cl. The molecule has 2 rings (SSSR count). The summed E-state index contributed by atoms with van der Waals surface area (Å²) in [5, 5.41) is 11.7. The highest BCUT2D eigenvalue weighted by Gasteiger charge is 2.42. The Morgan fingerprint density at radius 3 is 1.82 bits per heavy atom. The highest BCUT2D eigenvalue weighted by molar-refractivity contribution is 5.90. The zero-order valence-corrected chi connectivity index (χ0v) is 17.6. The molecule has 1 amide bonds. The molecular weight excluding hydrogens is 372 g/mol. The number of aliphatic hydroxyl groups is 1. The minimum atomic E-state index is -1.73. The van der Waals surface area contributed by atoms with Crippen LogP contribution in [0.2, 0.25) is 0 Å². The molecule has 0 unspecified atom stereocenters. The summed E-state index contributed by atoms with van der Waals surface area (Å²) >= 11 is 0. The number of carbonyl (C=O) groups is 1. The van der Waals surface area contributed by atoms with E-state index in [1.807, 2.05) is 36.4 Å². The zero-order chi connectivity index (χ0) is 19.7. The van der Waals surface area contributed by atoms with Crippen LogP contribution in [0.3, 0.4) is 0 Å². The van der Waals surface area contributed by atoms with Crippen molar-refractivity contribution in [3.8, 4) is 0 Å². The van der Waals surface area contributed by atoms with E-state index in [0.717, 1.165) is 19.6 Å². The summed E-state index contributed by atoms with van der Waals surface area (Å²) in [6, 6.07) is 18.3. The highest BCUT2D eigenvalue weighted by atomic mass is 35.5. The number of hydrogen-bond acceptors (Lipinski definition) is 3. The van der Waals surface area contributed by atoms with Gasteiger partial charge in [0.1, 0.15) is 0 Å². The maximum Gasteiger partial charge on any atom is 0.264 e. The van der Waals surface area contributed by atoms with E-state index in [9.17, 15) is 9.90 Å². The Morgan fingerprint density at radius 1 is 0.964 bits per heavy atom. The van der Waals surface area contributed by atoms with Gasteiger partial charge in [0, 0.05) is 19.6 Å². The van der Waals surface area contributed by atoms with Crippen LogP contribution in [0.5, 0.6) is 0 Å². The predicted molar refractivity (Wildman–Crippen MR) is 118 cm³/mol.